The summed E-state index contributed by atoms with van der Waals surface area (Å²) in [4.78, 5) is 12.9. The fourth-order valence-electron chi connectivity index (χ4n) is 2.07. The minimum Gasteiger partial charge on any atom is -0.378 e. The highest BCUT2D eigenvalue weighted by atomic mass is 32.2. The van der Waals surface area contributed by atoms with Crippen molar-refractivity contribution in [2.45, 2.75) is 39.3 Å². The molecule has 1 aromatic heterocycles. The second-order valence-corrected chi connectivity index (χ2v) is 7.82. The molecule has 0 aromatic carbocycles. The minimum absolute atomic E-state index is 0.0218. The number of ether oxygens (including phenoxy) is 1. The SMILES string of the molecule is CC(C)OCCC(=O)NS(=O)(=O)N1CCc2sccc2C1. The van der Waals surface area contributed by atoms with Crippen molar-refractivity contribution in [2.75, 3.05) is 13.2 Å². The molecule has 1 aliphatic heterocycles. The third kappa shape index (κ3) is 4.50. The number of carbonyl (C=O) groups excluding carboxylic acids is 1. The quantitative estimate of drug-likeness (QED) is 0.851. The van der Waals surface area contributed by atoms with Gasteiger partial charge in [0.2, 0.25) is 5.91 Å². The Kier molecular flexibility index (Phi) is 5.37. The van der Waals surface area contributed by atoms with Gasteiger partial charge in [-0.2, -0.15) is 12.7 Å². The Hall–Kier alpha value is -0.960. The highest BCUT2D eigenvalue weighted by Crippen LogP contribution is 2.25. The van der Waals surface area contributed by atoms with Crippen LogP contribution in [-0.4, -0.2) is 37.9 Å². The monoisotopic (exact) mass is 332 g/mol. The van der Waals surface area contributed by atoms with Crippen molar-refractivity contribution in [3.05, 3.63) is 21.9 Å². The largest absolute Gasteiger partial charge is 0.378 e. The number of nitrogens with one attached hydrogen (secondary N) is 1. The van der Waals surface area contributed by atoms with Gasteiger partial charge in [0, 0.05) is 18.0 Å². The van der Waals surface area contributed by atoms with Crippen molar-refractivity contribution in [1.82, 2.24) is 9.03 Å². The number of amides is 1. The van der Waals surface area contributed by atoms with Gasteiger partial charge in [0.15, 0.2) is 0 Å². The van der Waals surface area contributed by atoms with Gasteiger partial charge in [-0.3, -0.25) is 4.79 Å². The molecule has 118 valence electrons. The molecule has 0 unspecified atom stereocenters. The summed E-state index contributed by atoms with van der Waals surface area (Å²) in [5.74, 6) is -0.535. The Balaban J connectivity index is 1.89. The Morgan fingerprint density at radius 1 is 1.52 bits per heavy atom. The van der Waals surface area contributed by atoms with Gasteiger partial charge in [0.25, 0.3) is 0 Å². The first-order valence-corrected chi connectivity index (χ1v) is 9.18. The molecule has 0 fully saturated rings. The Labute approximate surface area is 129 Å². The molecule has 1 amide bonds. The van der Waals surface area contributed by atoms with Crippen LogP contribution in [0.5, 0.6) is 0 Å². The van der Waals surface area contributed by atoms with Crippen LogP contribution in [0.25, 0.3) is 0 Å². The van der Waals surface area contributed by atoms with E-state index in [0.717, 1.165) is 5.56 Å². The number of hydrogen-bond acceptors (Lipinski definition) is 5. The highest BCUT2D eigenvalue weighted by Gasteiger charge is 2.28. The molecule has 21 heavy (non-hydrogen) atoms. The maximum atomic E-state index is 12.2. The standard InChI is InChI=1S/C13H20N2O4S2/c1-10(2)19-7-4-13(16)14-21(17,18)15-6-3-12-11(9-15)5-8-20-12/h5,8,10H,3-4,6-7,9H2,1-2H3,(H,14,16). The second-order valence-electron chi connectivity index (χ2n) is 5.15. The maximum Gasteiger partial charge on any atom is 0.304 e. The maximum absolute atomic E-state index is 12.2. The van der Waals surface area contributed by atoms with E-state index in [0.29, 0.717) is 19.5 Å². The predicted octanol–water partition coefficient (Wildman–Crippen LogP) is 1.28. The fraction of sp³-hybridized carbons (Fsp3) is 0.615. The zero-order valence-corrected chi connectivity index (χ0v) is 13.8. The lowest BCUT2D eigenvalue weighted by Gasteiger charge is -2.26. The van der Waals surface area contributed by atoms with Crippen molar-refractivity contribution in [3.63, 3.8) is 0 Å². The number of nitrogens with zero attached hydrogens (tertiary/aromatic N) is 1. The van der Waals surface area contributed by atoms with E-state index in [9.17, 15) is 13.2 Å². The summed E-state index contributed by atoms with van der Waals surface area (Å²) in [6.07, 6.45) is 0.751. The average Bonchev–Trinajstić information content (AvgIpc) is 2.84. The summed E-state index contributed by atoms with van der Waals surface area (Å²) in [6.45, 7) is 4.66. The molecule has 1 N–H and O–H groups in total. The van der Waals surface area contributed by atoms with Gasteiger partial charge in [-0.15, -0.1) is 11.3 Å². The average molecular weight is 332 g/mol. The molecule has 0 saturated heterocycles. The molecule has 8 heteroatoms. The van der Waals surface area contributed by atoms with Crippen LogP contribution in [0.2, 0.25) is 0 Å². The summed E-state index contributed by atoms with van der Waals surface area (Å²) >= 11 is 1.64. The van der Waals surface area contributed by atoms with E-state index < -0.39 is 16.1 Å². The van der Waals surface area contributed by atoms with E-state index in [4.69, 9.17) is 4.74 Å². The number of fused-ring (bicyclic) bond motifs is 1. The normalized spacial score (nSPS) is 16.0. The van der Waals surface area contributed by atoms with Crippen molar-refractivity contribution < 1.29 is 17.9 Å². The first-order chi connectivity index (χ1) is 9.88. The third-order valence-electron chi connectivity index (χ3n) is 3.14. The van der Waals surface area contributed by atoms with E-state index in [1.165, 1.54) is 9.18 Å². The lowest BCUT2D eigenvalue weighted by Crippen LogP contribution is -2.45. The Bertz CT molecular complexity index is 595. The summed E-state index contributed by atoms with van der Waals surface area (Å²) in [5, 5.41) is 1.96. The lowest BCUT2D eigenvalue weighted by molar-refractivity contribution is -0.120. The summed E-state index contributed by atoms with van der Waals surface area (Å²) in [5.41, 5.74) is 1.02. The summed E-state index contributed by atoms with van der Waals surface area (Å²) in [6, 6.07) is 1.93. The number of thiophene rings is 1. The van der Waals surface area contributed by atoms with Gasteiger partial charge in [-0.1, -0.05) is 0 Å². The fourth-order valence-corrected chi connectivity index (χ4v) is 4.12. The number of carbonyl (C=O) groups is 1. The smallest absolute Gasteiger partial charge is 0.304 e. The van der Waals surface area contributed by atoms with Gasteiger partial charge < -0.3 is 4.74 Å². The van der Waals surface area contributed by atoms with Gasteiger partial charge in [-0.25, -0.2) is 4.72 Å². The van der Waals surface area contributed by atoms with Crippen LogP contribution in [-0.2, 0) is 32.7 Å². The first kappa shape index (κ1) is 16.4. The van der Waals surface area contributed by atoms with Crippen molar-refractivity contribution in [1.29, 1.82) is 0 Å². The molecule has 0 bridgehead atoms. The molecular formula is C13H20N2O4S2. The lowest BCUT2D eigenvalue weighted by atomic mass is 10.1. The van der Waals surface area contributed by atoms with Crippen molar-refractivity contribution >= 4 is 27.5 Å². The predicted molar refractivity (Wildman–Crippen MR) is 81.2 cm³/mol. The molecule has 0 radical (unpaired) electrons. The molecule has 6 nitrogen and oxygen atoms in total. The van der Waals surface area contributed by atoms with Gasteiger partial charge in [0.1, 0.15) is 0 Å². The highest BCUT2D eigenvalue weighted by molar-refractivity contribution is 7.87. The minimum atomic E-state index is -3.77. The van der Waals surface area contributed by atoms with E-state index in [1.54, 1.807) is 11.3 Å². The molecule has 2 rings (SSSR count). The van der Waals surface area contributed by atoms with E-state index in [-0.39, 0.29) is 19.1 Å². The molecular weight excluding hydrogens is 312 g/mol. The molecule has 1 aromatic rings. The Morgan fingerprint density at radius 3 is 3.00 bits per heavy atom. The van der Waals surface area contributed by atoms with Gasteiger partial charge in [-0.05, 0) is 37.3 Å². The van der Waals surface area contributed by atoms with Crippen molar-refractivity contribution in [2.24, 2.45) is 0 Å². The topological polar surface area (TPSA) is 75.7 Å². The van der Waals surface area contributed by atoms with Crippen LogP contribution in [0.15, 0.2) is 11.4 Å². The van der Waals surface area contributed by atoms with Crippen molar-refractivity contribution in [3.8, 4) is 0 Å². The molecule has 0 aliphatic carbocycles. The second kappa shape index (κ2) is 6.87. The summed E-state index contributed by atoms with van der Waals surface area (Å²) < 4.78 is 33.0. The molecule has 0 atom stereocenters. The Morgan fingerprint density at radius 2 is 2.29 bits per heavy atom. The van der Waals surface area contributed by atoms with Crippen LogP contribution >= 0.6 is 11.3 Å². The third-order valence-corrected chi connectivity index (χ3v) is 5.64. The van der Waals surface area contributed by atoms with Gasteiger partial charge >= 0.3 is 10.2 Å². The first-order valence-electron chi connectivity index (χ1n) is 6.86. The van der Waals surface area contributed by atoms with Gasteiger partial charge in [0.05, 0.1) is 19.1 Å². The van der Waals surface area contributed by atoms with E-state index in [1.807, 2.05) is 25.3 Å². The van der Waals surface area contributed by atoms with Crippen LogP contribution in [0.3, 0.4) is 0 Å². The molecule has 0 saturated carbocycles. The van der Waals surface area contributed by atoms with E-state index >= 15 is 0 Å². The van der Waals surface area contributed by atoms with Crippen LogP contribution in [0.1, 0.15) is 30.7 Å². The van der Waals surface area contributed by atoms with E-state index in [2.05, 4.69) is 4.72 Å². The van der Waals surface area contributed by atoms with Crippen LogP contribution in [0.4, 0.5) is 0 Å². The van der Waals surface area contributed by atoms with Crippen LogP contribution in [0, 0.1) is 0 Å². The zero-order valence-electron chi connectivity index (χ0n) is 12.2. The zero-order chi connectivity index (χ0) is 15.5. The summed E-state index contributed by atoms with van der Waals surface area (Å²) in [7, 11) is -3.77. The molecule has 1 aliphatic rings. The number of rotatable bonds is 6. The van der Waals surface area contributed by atoms with Crippen LogP contribution < -0.4 is 4.72 Å². The number of hydrogen-bond donors (Lipinski definition) is 1. The molecule has 2 heterocycles. The molecule has 0 spiro atoms.